The Bertz CT molecular complexity index is 664. The van der Waals surface area contributed by atoms with Gasteiger partial charge < -0.3 is 15.0 Å². The zero-order chi connectivity index (χ0) is 18.1. The van der Waals surface area contributed by atoms with Crippen LogP contribution in [0.3, 0.4) is 0 Å². The lowest BCUT2D eigenvalue weighted by Crippen LogP contribution is -2.30. The SMILES string of the molecule is CCN(CC)c1ccc(C(=O)OCC(=O)NCCc2cccs2)cc1. The molecule has 6 heteroatoms. The maximum atomic E-state index is 12.0. The number of thiophene rings is 1. The number of amides is 1. The molecule has 25 heavy (non-hydrogen) atoms. The van der Waals surface area contributed by atoms with E-state index < -0.39 is 5.97 Å². The van der Waals surface area contributed by atoms with Crippen molar-refractivity contribution in [1.82, 2.24) is 5.32 Å². The standard InChI is InChI=1S/C19H24N2O3S/c1-3-21(4-2)16-9-7-15(8-10-16)19(23)24-14-18(22)20-12-11-17-6-5-13-25-17/h5-10,13H,3-4,11-12,14H2,1-2H3,(H,20,22). The molecule has 0 aliphatic heterocycles. The first kappa shape index (κ1) is 19.0. The lowest BCUT2D eigenvalue weighted by atomic mass is 10.2. The van der Waals surface area contributed by atoms with Crippen molar-refractivity contribution in [3.05, 3.63) is 52.2 Å². The first-order valence-electron chi connectivity index (χ1n) is 8.45. The lowest BCUT2D eigenvalue weighted by Gasteiger charge is -2.20. The van der Waals surface area contributed by atoms with E-state index in [1.54, 1.807) is 23.5 Å². The molecule has 1 aromatic carbocycles. The second-order valence-corrected chi connectivity index (χ2v) is 6.51. The summed E-state index contributed by atoms with van der Waals surface area (Å²) in [5, 5.41) is 4.76. The van der Waals surface area contributed by atoms with E-state index in [2.05, 4.69) is 24.1 Å². The first-order chi connectivity index (χ1) is 12.1. The summed E-state index contributed by atoms with van der Waals surface area (Å²) in [5.41, 5.74) is 1.51. The van der Waals surface area contributed by atoms with Gasteiger partial charge in [0.25, 0.3) is 5.91 Å². The molecule has 0 radical (unpaired) electrons. The molecule has 0 saturated carbocycles. The van der Waals surface area contributed by atoms with E-state index in [0.717, 1.165) is 25.2 Å². The quantitative estimate of drug-likeness (QED) is 0.698. The van der Waals surface area contributed by atoms with Crippen LogP contribution >= 0.6 is 11.3 Å². The fourth-order valence-corrected chi connectivity index (χ4v) is 3.15. The summed E-state index contributed by atoms with van der Waals surface area (Å²) >= 11 is 1.66. The Morgan fingerprint density at radius 3 is 2.44 bits per heavy atom. The van der Waals surface area contributed by atoms with Gasteiger partial charge in [-0.1, -0.05) is 6.07 Å². The number of hydrogen-bond acceptors (Lipinski definition) is 5. The molecule has 0 bridgehead atoms. The molecule has 2 aromatic rings. The third kappa shape index (κ3) is 5.90. The predicted molar refractivity (Wildman–Crippen MR) is 101 cm³/mol. The molecule has 0 aliphatic carbocycles. The molecule has 0 atom stereocenters. The van der Waals surface area contributed by atoms with Gasteiger partial charge in [0.05, 0.1) is 5.56 Å². The molecule has 1 aromatic heterocycles. The Morgan fingerprint density at radius 1 is 1.12 bits per heavy atom. The summed E-state index contributed by atoms with van der Waals surface area (Å²) in [6, 6.07) is 11.2. The summed E-state index contributed by atoms with van der Waals surface area (Å²) in [5.74, 6) is -0.774. The predicted octanol–water partition coefficient (Wildman–Crippen LogP) is 3.11. The van der Waals surface area contributed by atoms with Crippen molar-refractivity contribution < 1.29 is 14.3 Å². The van der Waals surface area contributed by atoms with Crippen molar-refractivity contribution in [2.45, 2.75) is 20.3 Å². The van der Waals surface area contributed by atoms with Crippen LogP contribution in [0, 0.1) is 0 Å². The molecule has 2 rings (SSSR count). The van der Waals surface area contributed by atoms with Crippen LogP contribution in [-0.4, -0.2) is 38.1 Å². The highest BCUT2D eigenvalue weighted by Crippen LogP contribution is 2.15. The summed E-state index contributed by atoms with van der Waals surface area (Å²) < 4.78 is 5.07. The number of nitrogens with zero attached hydrogens (tertiary/aromatic N) is 1. The minimum absolute atomic E-state index is 0.263. The summed E-state index contributed by atoms with van der Waals surface area (Å²) in [7, 11) is 0. The molecule has 1 amide bonds. The molecular formula is C19H24N2O3S. The molecule has 5 nitrogen and oxygen atoms in total. The largest absolute Gasteiger partial charge is 0.452 e. The molecule has 134 valence electrons. The van der Waals surface area contributed by atoms with Crippen molar-refractivity contribution >= 4 is 28.9 Å². The van der Waals surface area contributed by atoms with E-state index in [4.69, 9.17) is 4.74 Å². The smallest absolute Gasteiger partial charge is 0.338 e. The maximum absolute atomic E-state index is 12.0. The number of nitrogens with one attached hydrogen (secondary N) is 1. The number of hydrogen-bond donors (Lipinski definition) is 1. The van der Waals surface area contributed by atoms with Crippen molar-refractivity contribution in [3.8, 4) is 0 Å². The second kappa shape index (κ2) is 9.84. The Hall–Kier alpha value is -2.34. The monoisotopic (exact) mass is 360 g/mol. The Kier molecular flexibility index (Phi) is 7.47. The zero-order valence-corrected chi connectivity index (χ0v) is 15.5. The number of ether oxygens (including phenoxy) is 1. The van der Waals surface area contributed by atoms with Crippen molar-refractivity contribution in [3.63, 3.8) is 0 Å². The average molecular weight is 360 g/mol. The van der Waals surface area contributed by atoms with Gasteiger partial charge in [0.15, 0.2) is 6.61 Å². The van der Waals surface area contributed by atoms with E-state index in [1.807, 2.05) is 29.6 Å². The van der Waals surface area contributed by atoms with Crippen LogP contribution in [0.15, 0.2) is 41.8 Å². The fourth-order valence-electron chi connectivity index (χ4n) is 2.44. The van der Waals surface area contributed by atoms with Gasteiger partial charge in [-0.15, -0.1) is 11.3 Å². The van der Waals surface area contributed by atoms with Gasteiger partial charge in [-0.2, -0.15) is 0 Å². The summed E-state index contributed by atoms with van der Waals surface area (Å²) in [6.45, 7) is 6.26. The highest BCUT2D eigenvalue weighted by atomic mass is 32.1. The average Bonchev–Trinajstić information content (AvgIpc) is 3.15. The highest BCUT2D eigenvalue weighted by Gasteiger charge is 2.11. The van der Waals surface area contributed by atoms with Gasteiger partial charge in [0, 0.05) is 30.2 Å². The zero-order valence-electron chi connectivity index (χ0n) is 14.7. The van der Waals surface area contributed by atoms with Gasteiger partial charge in [-0.3, -0.25) is 4.79 Å². The third-order valence-corrected chi connectivity index (χ3v) is 4.78. The Labute approximate surface area is 152 Å². The number of rotatable bonds is 9. The highest BCUT2D eigenvalue weighted by molar-refractivity contribution is 7.09. The van der Waals surface area contributed by atoms with Gasteiger partial charge in [-0.25, -0.2) is 4.79 Å². The molecular weight excluding hydrogens is 336 g/mol. The van der Waals surface area contributed by atoms with Crippen LogP contribution in [0.1, 0.15) is 29.1 Å². The van der Waals surface area contributed by atoms with Gasteiger partial charge >= 0.3 is 5.97 Å². The van der Waals surface area contributed by atoms with Crippen molar-refractivity contribution in [2.24, 2.45) is 0 Å². The van der Waals surface area contributed by atoms with E-state index in [1.165, 1.54) is 4.88 Å². The summed E-state index contributed by atoms with van der Waals surface area (Å²) in [4.78, 5) is 27.2. The van der Waals surface area contributed by atoms with E-state index >= 15 is 0 Å². The number of benzene rings is 1. The number of anilines is 1. The maximum Gasteiger partial charge on any atom is 0.338 e. The Balaban J connectivity index is 1.74. The molecule has 1 heterocycles. The van der Waals surface area contributed by atoms with Crippen molar-refractivity contribution in [1.29, 1.82) is 0 Å². The minimum atomic E-state index is -0.487. The van der Waals surface area contributed by atoms with E-state index in [0.29, 0.717) is 12.1 Å². The number of carbonyl (C=O) groups excluding carboxylic acids is 2. The van der Waals surface area contributed by atoms with Crippen LogP contribution in [0.2, 0.25) is 0 Å². The molecule has 0 saturated heterocycles. The molecule has 0 unspecified atom stereocenters. The van der Waals surface area contributed by atoms with E-state index in [9.17, 15) is 9.59 Å². The molecule has 1 N–H and O–H groups in total. The van der Waals surface area contributed by atoms with Crippen LogP contribution in [0.25, 0.3) is 0 Å². The Morgan fingerprint density at radius 2 is 1.84 bits per heavy atom. The van der Waals surface area contributed by atoms with Crippen molar-refractivity contribution in [2.75, 3.05) is 31.1 Å². The molecule has 0 spiro atoms. The van der Waals surface area contributed by atoms with Gasteiger partial charge in [0.1, 0.15) is 0 Å². The van der Waals surface area contributed by atoms with E-state index in [-0.39, 0.29) is 12.5 Å². The van der Waals surface area contributed by atoms with Crippen LogP contribution in [0.4, 0.5) is 5.69 Å². The second-order valence-electron chi connectivity index (χ2n) is 5.47. The lowest BCUT2D eigenvalue weighted by molar-refractivity contribution is -0.124. The number of carbonyl (C=O) groups is 2. The fraction of sp³-hybridized carbons (Fsp3) is 0.368. The van der Waals surface area contributed by atoms with Gasteiger partial charge in [-0.05, 0) is 56.0 Å². The topological polar surface area (TPSA) is 58.6 Å². The van der Waals surface area contributed by atoms with Crippen LogP contribution in [0.5, 0.6) is 0 Å². The van der Waals surface area contributed by atoms with Crippen LogP contribution in [-0.2, 0) is 16.0 Å². The van der Waals surface area contributed by atoms with Gasteiger partial charge in [0.2, 0.25) is 0 Å². The molecule has 0 aliphatic rings. The first-order valence-corrected chi connectivity index (χ1v) is 9.33. The minimum Gasteiger partial charge on any atom is -0.452 e. The third-order valence-electron chi connectivity index (χ3n) is 3.84. The van der Waals surface area contributed by atoms with Crippen LogP contribution < -0.4 is 10.2 Å². The summed E-state index contributed by atoms with van der Waals surface area (Å²) in [6.07, 6.45) is 0.782. The number of esters is 1. The molecule has 0 fully saturated rings. The normalized spacial score (nSPS) is 10.3.